The van der Waals surface area contributed by atoms with Crippen LogP contribution >= 0.6 is 11.6 Å². The second kappa shape index (κ2) is 10.1. The van der Waals surface area contributed by atoms with Crippen molar-refractivity contribution in [2.75, 3.05) is 13.2 Å². The minimum atomic E-state index is -4.80. The van der Waals surface area contributed by atoms with Gasteiger partial charge in [0.1, 0.15) is 0 Å². The first kappa shape index (κ1) is 23.9. The fraction of sp³-hybridized carbons (Fsp3) is 0.333. The molecule has 0 spiro atoms. The van der Waals surface area contributed by atoms with Crippen LogP contribution in [0.1, 0.15) is 24.5 Å². The Kier molecular flexibility index (Phi) is 8.04. The van der Waals surface area contributed by atoms with Crippen molar-refractivity contribution < 1.29 is 31.1 Å². The van der Waals surface area contributed by atoms with Gasteiger partial charge < -0.3 is 10.1 Å². The first-order valence-corrected chi connectivity index (χ1v) is 10.6. The molecule has 2 aromatic rings. The van der Waals surface area contributed by atoms with Crippen molar-refractivity contribution in [2.24, 2.45) is 0 Å². The molecule has 2 rings (SSSR count). The van der Waals surface area contributed by atoms with Crippen LogP contribution in [-0.2, 0) is 27.5 Å². The molecule has 1 amide bonds. The van der Waals surface area contributed by atoms with Crippen molar-refractivity contribution in [3.8, 4) is 5.88 Å². The fourth-order valence-corrected chi connectivity index (χ4v) is 3.66. The van der Waals surface area contributed by atoms with Crippen molar-refractivity contribution in [2.45, 2.75) is 31.0 Å². The Morgan fingerprint density at radius 2 is 2.00 bits per heavy atom. The number of nitrogens with zero attached hydrogens (tertiary/aromatic N) is 1. The highest BCUT2D eigenvalue weighted by molar-refractivity contribution is 7.89. The molecule has 0 atom stereocenters. The van der Waals surface area contributed by atoms with E-state index in [0.717, 1.165) is 12.1 Å². The van der Waals surface area contributed by atoms with Crippen LogP contribution in [0.15, 0.2) is 41.4 Å². The fourth-order valence-electron chi connectivity index (χ4n) is 2.38. The number of aromatic nitrogens is 1. The van der Waals surface area contributed by atoms with Gasteiger partial charge in [-0.15, -0.1) is 0 Å². The van der Waals surface area contributed by atoms with Gasteiger partial charge in [-0.2, -0.15) is 13.2 Å². The number of rotatable bonds is 9. The summed E-state index contributed by atoms with van der Waals surface area (Å²) in [5, 5.41) is 1.99. The van der Waals surface area contributed by atoms with Crippen LogP contribution in [0.5, 0.6) is 5.88 Å². The standard InChI is InChI=1S/C18H19ClF3N3O4S/c1-2-29-17-12(4-3-8-23-17)11-24-16(26)7-9-25-30(27,28)13-5-6-15(19)14(10-13)18(20,21)22/h3-6,8,10,25H,2,7,9,11H2,1H3,(H,24,26). The van der Waals surface area contributed by atoms with Gasteiger partial charge in [0.15, 0.2) is 0 Å². The van der Waals surface area contributed by atoms with Gasteiger partial charge >= 0.3 is 6.18 Å². The zero-order chi connectivity index (χ0) is 22.4. The maximum atomic E-state index is 12.9. The van der Waals surface area contributed by atoms with E-state index in [2.05, 4.69) is 15.0 Å². The van der Waals surface area contributed by atoms with Crippen molar-refractivity contribution >= 4 is 27.5 Å². The van der Waals surface area contributed by atoms with E-state index in [9.17, 15) is 26.4 Å². The minimum absolute atomic E-state index is 0.126. The molecule has 12 heteroatoms. The molecule has 30 heavy (non-hydrogen) atoms. The number of amides is 1. The summed E-state index contributed by atoms with van der Waals surface area (Å²) in [4.78, 5) is 15.4. The SMILES string of the molecule is CCOc1ncccc1CNC(=O)CCNS(=O)(=O)c1ccc(Cl)c(C(F)(F)F)c1. The molecule has 7 nitrogen and oxygen atoms in total. The van der Waals surface area contributed by atoms with Gasteiger partial charge in [-0.1, -0.05) is 17.7 Å². The molecule has 0 unspecified atom stereocenters. The maximum Gasteiger partial charge on any atom is 0.417 e. The van der Waals surface area contributed by atoms with Crippen LogP contribution in [0.2, 0.25) is 5.02 Å². The van der Waals surface area contributed by atoms with E-state index in [4.69, 9.17) is 16.3 Å². The van der Waals surface area contributed by atoms with E-state index in [1.807, 2.05) is 0 Å². The van der Waals surface area contributed by atoms with Crippen molar-refractivity contribution in [1.29, 1.82) is 0 Å². The number of carbonyl (C=O) groups excluding carboxylic acids is 1. The molecule has 1 heterocycles. The smallest absolute Gasteiger partial charge is 0.417 e. The summed E-state index contributed by atoms with van der Waals surface area (Å²) in [6.45, 7) is 2.02. The maximum absolute atomic E-state index is 12.9. The lowest BCUT2D eigenvalue weighted by Crippen LogP contribution is -2.30. The van der Waals surface area contributed by atoms with Crippen LogP contribution in [0.3, 0.4) is 0 Å². The number of sulfonamides is 1. The predicted octanol–water partition coefficient (Wildman–Crippen LogP) is 3.14. The van der Waals surface area contributed by atoms with Crippen LogP contribution in [0, 0.1) is 0 Å². The lowest BCUT2D eigenvalue weighted by Gasteiger charge is -2.12. The molecule has 1 aromatic heterocycles. The second-order valence-corrected chi connectivity index (χ2v) is 8.14. The van der Waals surface area contributed by atoms with Crippen LogP contribution in [0.4, 0.5) is 13.2 Å². The van der Waals surface area contributed by atoms with Crippen molar-refractivity contribution in [3.63, 3.8) is 0 Å². The molecule has 0 aliphatic rings. The zero-order valence-corrected chi connectivity index (χ0v) is 17.4. The summed E-state index contributed by atoms with van der Waals surface area (Å²) in [5.74, 6) is -0.0831. The van der Waals surface area contributed by atoms with Gasteiger partial charge in [0.05, 0.1) is 22.1 Å². The molecule has 0 saturated carbocycles. The summed E-state index contributed by atoms with van der Waals surface area (Å²) in [6, 6.07) is 5.66. The van der Waals surface area contributed by atoms with Gasteiger partial charge in [-0.05, 0) is 31.2 Å². The van der Waals surface area contributed by atoms with E-state index >= 15 is 0 Å². The molecule has 2 N–H and O–H groups in total. The van der Waals surface area contributed by atoms with E-state index < -0.39 is 37.6 Å². The quantitative estimate of drug-likeness (QED) is 0.593. The van der Waals surface area contributed by atoms with Crippen molar-refractivity contribution in [3.05, 3.63) is 52.7 Å². The topological polar surface area (TPSA) is 97.4 Å². The van der Waals surface area contributed by atoms with Gasteiger partial charge in [0.25, 0.3) is 0 Å². The monoisotopic (exact) mass is 465 g/mol. The Balaban J connectivity index is 1.92. The lowest BCUT2D eigenvalue weighted by molar-refractivity contribution is -0.137. The molecule has 1 aromatic carbocycles. The second-order valence-electron chi connectivity index (χ2n) is 5.96. The van der Waals surface area contributed by atoms with Crippen LogP contribution in [0.25, 0.3) is 0 Å². The molecule has 0 radical (unpaired) electrons. The molecule has 0 fully saturated rings. The zero-order valence-electron chi connectivity index (χ0n) is 15.8. The number of alkyl halides is 3. The van der Waals surface area contributed by atoms with Crippen LogP contribution in [-0.4, -0.2) is 32.5 Å². The molecular formula is C18H19ClF3N3O4S. The highest BCUT2D eigenvalue weighted by Crippen LogP contribution is 2.35. The van der Waals surface area contributed by atoms with Gasteiger partial charge in [0, 0.05) is 31.3 Å². The Bertz CT molecular complexity index is 1000. The van der Waals surface area contributed by atoms with Gasteiger partial charge in [0.2, 0.25) is 21.8 Å². The molecule has 0 bridgehead atoms. The number of hydrogen-bond donors (Lipinski definition) is 2. The number of hydrogen-bond acceptors (Lipinski definition) is 5. The Morgan fingerprint density at radius 3 is 2.67 bits per heavy atom. The molecule has 0 aliphatic carbocycles. The summed E-state index contributed by atoms with van der Waals surface area (Å²) >= 11 is 5.49. The summed E-state index contributed by atoms with van der Waals surface area (Å²) < 4.78 is 70.6. The first-order valence-electron chi connectivity index (χ1n) is 8.74. The first-order chi connectivity index (χ1) is 14.0. The van der Waals surface area contributed by atoms with Crippen molar-refractivity contribution in [1.82, 2.24) is 15.0 Å². The largest absolute Gasteiger partial charge is 0.478 e. The Labute approximate surface area is 176 Å². The average molecular weight is 466 g/mol. The van der Waals surface area contributed by atoms with Crippen LogP contribution < -0.4 is 14.8 Å². The van der Waals surface area contributed by atoms with Gasteiger partial charge in [-0.25, -0.2) is 18.1 Å². The highest BCUT2D eigenvalue weighted by Gasteiger charge is 2.34. The Hall–Kier alpha value is -2.37. The summed E-state index contributed by atoms with van der Waals surface area (Å²) in [7, 11) is -4.26. The number of benzene rings is 1. The summed E-state index contributed by atoms with van der Waals surface area (Å²) in [5.41, 5.74) is -0.611. The third-order valence-corrected chi connectivity index (χ3v) is 5.59. The van der Waals surface area contributed by atoms with E-state index in [1.165, 1.54) is 0 Å². The third kappa shape index (κ3) is 6.57. The number of nitrogens with one attached hydrogen (secondary N) is 2. The number of halogens is 4. The van der Waals surface area contributed by atoms with E-state index in [1.54, 1.807) is 25.3 Å². The molecular weight excluding hydrogens is 447 g/mol. The minimum Gasteiger partial charge on any atom is -0.478 e. The molecule has 0 saturated heterocycles. The predicted molar refractivity (Wildman–Crippen MR) is 104 cm³/mol. The van der Waals surface area contributed by atoms with E-state index in [0.29, 0.717) is 24.1 Å². The Morgan fingerprint density at radius 1 is 1.27 bits per heavy atom. The molecule has 164 valence electrons. The number of ether oxygens (including phenoxy) is 1. The lowest BCUT2D eigenvalue weighted by atomic mass is 10.2. The summed E-state index contributed by atoms with van der Waals surface area (Å²) in [6.07, 6.45) is -3.47. The number of pyridine rings is 1. The molecule has 0 aliphatic heterocycles. The third-order valence-electron chi connectivity index (χ3n) is 3.80. The average Bonchev–Trinajstić information content (AvgIpc) is 2.66. The number of carbonyl (C=O) groups is 1. The normalized spacial score (nSPS) is 11.9. The van der Waals surface area contributed by atoms with Gasteiger partial charge in [-0.3, -0.25) is 4.79 Å². The van der Waals surface area contributed by atoms with E-state index in [-0.39, 0.29) is 19.5 Å². The highest BCUT2D eigenvalue weighted by atomic mass is 35.5.